The first-order valence-electron chi connectivity index (χ1n) is 11.1. The van der Waals surface area contributed by atoms with E-state index in [1.807, 2.05) is 12.1 Å². The molecule has 0 spiro atoms. The van der Waals surface area contributed by atoms with Crippen LogP contribution in [0.15, 0.2) is 24.3 Å². The number of phenolic OH excluding ortho intramolecular Hbond substituents is 1. The fourth-order valence-corrected chi connectivity index (χ4v) is 3.40. The summed E-state index contributed by atoms with van der Waals surface area (Å²) in [5.41, 5.74) is 1.13. The third kappa shape index (κ3) is 12.4. The molecule has 1 aromatic carbocycles. The van der Waals surface area contributed by atoms with Gasteiger partial charge in [-0.3, -0.25) is 0 Å². The molecule has 150 valence electrons. The number of hydrogen-bond donors (Lipinski definition) is 1. The first-order chi connectivity index (χ1) is 12.7. The number of phenols is 1. The smallest absolute Gasteiger partial charge is 0.115 e. The van der Waals surface area contributed by atoms with E-state index in [-0.39, 0.29) is 6.10 Å². The summed E-state index contributed by atoms with van der Waals surface area (Å²) >= 11 is 0. The van der Waals surface area contributed by atoms with E-state index in [1.54, 1.807) is 12.1 Å². The molecule has 1 unspecified atom stereocenters. The highest BCUT2D eigenvalue weighted by Gasteiger charge is 2.05. The Bertz CT molecular complexity index is 413. The Morgan fingerprint density at radius 3 is 1.58 bits per heavy atom. The van der Waals surface area contributed by atoms with Crippen LogP contribution in [0.5, 0.6) is 5.75 Å². The summed E-state index contributed by atoms with van der Waals surface area (Å²) in [6.07, 6.45) is 19.5. The van der Waals surface area contributed by atoms with E-state index in [4.69, 9.17) is 4.74 Å². The molecular weight excluding hydrogens is 320 g/mol. The Hall–Kier alpha value is -1.02. The van der Waals surface area contributed by atoms with Crippen molar-refractivity contribution in [3.63, 3.8) is 0 Å². The maximum atomic E-state index is 9.31. The van der Waals surface area contributed by atoms with Crippen molar-refractivity contribution < 1.29 is 9.84 Å². The fourth-order valence-electron chi connectivity index (χ4n) is 3.40. The minimum absolute atomic E-state index is 0.109. The Kier molecular flexibility index (Phi) is 14.3. The topological polar surface area (TPSA) is 29.5 Å². The highest BCUT2D eigenvalue weighted by Crippen LogP contribution is 2.20. The zero-order valence-corrected chi connectivity index (χ0v) is 17.3. The first kappa shape index (κ1) is 23.0. The highest BCUT2D eigenvalue weighted by molar-refractivity contribution is 5.27. The number of rotatable bonds is 17. The molecule has 1 aromatic rings. The molecule has 0 aliphatic carbocycles. The van der Waals surface area contributed by atoms with Gasteiger partial charge in [0.1, 0.15) is 5.75 Å². The molecule has 1 N–H and O–H groups in total. The Morgan fingerprint density at radius 1 is 0.692 bits per heavy atom. The summed E-state index contributed by atoms with van der Waals surface area (Å²) in [7, 11) is 0. The van der Waals surface area contributed by atoms with Crippen LogP contribution in [0.25, 0.3) is 0 Å². The second-order valence-electron chi connectivity index (χ2n) is 7.70. The Morgan fingerprint density at radius 2 is 1.12 bits per heavy atom. The van der Waals surface area contributed by atoms with E-state index in [0.717, 1.165) is 18.6 Å². The molecular formula is C24H42O2. The van der Waals surface area contributed by atoms with Crippen molar-refractivity contribution in [2.24, 2.45) is 0 Å². The van der Waals surface area contributed by atoms with Gasteiger partial charge in [-0.05, 0) is 31.0 Å². The van der Waals surface area contributed by atoms with Crippen LogP contribution >= 0.6 is 0 Å². The van der Waals surface area contributed by atoms with Crippen LogP contribution in [0, 0.1) is 0 Å². The van der Waals surface area contributed by atoms with Crippen LogP contribution in [0.4, 0.5) is 0 Å². The van der Waals surface area contributed by atoms with Crippen molar-refractivity contribution in [2.75, 3.05) is 6.61 Å². The van der Waals surface area contributed by atoms with Gasteiger partial charge in [0.2, 0.25) is 0 Å². The van der Waals surface area contributed by atoms with E-state index < -0.39 is 0 Å². The van der Waals surface area contributed by atoms with Gasteiger partial charge in [0, 0.05) is 6.61 Å². The van der Waals surface area contributed by atoms with Gasteiger partial charge in [-0.2, -0.15) is 0 Å². The van der Waals surface area contributed by atoms with Gasteiger partial charge in [-0.25, -0.2) is 0 Å². The minimum atomic E-state index is 0.109. The zero-order valence-electron chi connectivity index (χ0n) is 17.3. The lowest BCUT2D eigenvalue weighted by molar-refractivity contribution is 0.0627. The average Bonchev–Trinajstić information content (AvgIpc) is 2.65. The first-order valence-corrected chi connectivity index (χ1v) is 11.1. The van der Waals surface area contributed by atoms with Gasteiger partial charge in [-0.1, -0.05) is 103 Å². The molecule has 0 aliphatic rings. The molecule has 0 saturated carbocycles. The van der Waals surface area contributed by atoms with Crippen LogP contribution in [0.1, 0.15) is 115 Å². The van der Waals surface area contributed by atoms with Gasteiger partial charge in [0.25, 0.3) is 0 Å². The SMILES string of the molecule is CCCCCCCCCCCCCCCCOC(C)c1ccc(O)cc1. The molecule has 1 rings (SSSR count). The summed E-state index contributed by atoms with van der Waals surface area (Å²) in [5, 5.41) is 9.31. The van der Waals surface area contributed by atoms with Crippen LogP contribution in [-0.4, -0.2) is 11.7 Å². The van der Waals surface area contributed by atoms with Crippen molar-refractivity contribution in [3.05, 3.63) is 29.8 Å². The molecule has 2 heteroatoms. The van der Waals surface area contributed by atoms with Gasteiger partial charge in [0.05, 0.1) is 6.10 Å². The maximum Gasteiger partial charge on any atom is 0.115 e. The normalized spacial score (nSPS) is 12.4. The summed E-state index contributed by atoms with van der Waals surface area (Å²) in [5.74, 6) is 0.313. The standard InChI is InChI=1S/C24H42O2/c1-3-4-5-6-7-8-9-10-11-12-13-14-15-16-21-26-22(2)23-17-19-24(25)20-18-23/h17-20,22,25H,3-16,21H2,1-2H3. The van der Waals surface area contributed by atoms with E-state index in [1.165, 1.54) is 83.5 Å². The third-order valence-corrected chi connectivity index (χ3v) is 5.23. The number of hydrogen-bond acceptors (Lipinski definition) is 2. The van der Waals surface area contributed by atoms with Crippen molar-refractivity contribution in [3.8, 4) is 5.75 Å². The lowest BCUT2D eigenvalue weighted by atomic mass is 10.0. The molecule has 0 heterocycles. The molecule has 0 fully saturated rings. The molecule has 1 atom stereocenters. The molecule has 0 saturated heterocycles. The molecule has 26 heavy (non-hydrogen) atoms. The molecule has 0 aliphatic heterocycles. The molecule has 0 aromatic heterocycles. The van der Waals surface area contributed by atoms with Crippen LogP contribution in [0.3, 0.4) is 0 Å². The lowest BCUT2D eigenvalue weighted by Crippen LogP contribution is -2.01. The summed E-state index contributed by atoms with van der Waals surface area (Å²) in [6, 6.07) is 7.32. The van der Waals surface area contributed by atoms with Gasteiger partial charge in [-0.15, -0.1) is 0 Å². The van der Waals surface area contributed by atoms with Crippen LogP contribution < -0.4 is 0 Å². The summed E-state index contributed by atoms with van der Waals surface area (Å²) < 4.78 is 5.89. The van der Waals surface area contributed by atoms with Crippen molar-refractivity contribution >= 4 is 0 Å². The fraction of sp³-hybridized carbons (Fsp3) is 0.750. The highest BCUT2D eigenvalue weighted by atomic mass is 16.5. The summed E-state index contributed by atoms with van der Waals surface area (Å²) in [4.78, 5) is 0. The van der Waals surface area contributed by atoms with Crippen LogP contribution in [0.2, 0.25) is 0 Å². The monoisotopic (exact) mass is 362 g/mol. The quantitative estimate of drug-likeness (QED) is 0.285. The molecule has 0 amide bonds. The predicted molar refractivity (Wildman–Crippen MR) is 113 cm³/mol. The predicted octanol–water partition coefficient (Wildman–Crippen LogP) is 7.95. The molecule has 0 radical (unpaired) electrons. The average molecular weight is 363 g/mol. The van der Waals surface area contributed by atoms with E-state index >= 15 is 0 Å². The Labute approximate surface area is 162 Å². The van der Waals surface area contributed by atoms with Gasteiger partial charge >= 0.3 is 0 Å². The van der Waals surface area contributed by atoms with Crippen molar-refractivity contribution in [1.29, 1.82) is 0 Å². The summed E-state index contributed by atoms with van der Waals surface area (Å²) in [6.45, 7) is 5.20. The number of ether oxygens (including phenoxy) is 1. The second kappa shape index (κ2) is 16.2. The Balaban J connectivity index is 1.81. The van der Waals surface area contributed by atoms with Crippen LogP contribution in [-0.2, 0) is 4.74 Å². The second-order valence-corrected chi connectivity index (χ2v) is 7.70. The third-order valence-electron chi connectivity index (χ3n) is 5.23. The largest absolute Gasteiger partial charge is 0.508 e. The zero-order chi connectivity index (χ0) is 18.9. The molecule has 2 nitrogen and oxygen atoms in total. The van der Waals surface area contributed by atoms with Crippen molar-refractivity contribution in [2.45, 2.75) is 110 Å². The maximum absolute atomic E-state index is 9.31. The van der Waals surface area contributed by atoms with E-state index in [9.17, 15) is 5.11 Å². The lowest BCUT2D eigenvalue weighted by Gasteiger charge is -2.13. The van der Waals surface area contributed by atoms with Gasteiger partial charge in [0.15, 0.2) is 0 Å². The van der Waals surface area contributed by atoms with Gasteiger partial charge < -0.3 is 9.84 Å². The molecule has 0 bridgehead atoms. The minimum Gasteiger partial charge on any atom is -0.508 e. The van der Waals surface area contributed by atoms with E-state index in [2.05, 4.69) is 13.8 Å². The van der Waals surface area contributed by atoms with Crippen molar-refractivity contribution in [1.82, 2.24) is 0 Å². The number of unbranched alkanes of at least 4 members (excludes halogenated alkanes) is 13. The van der Waals surface area contributed by atoms with E-state index in [0.29, 0.717) is 5.75 Å². The number of benzene rings is 1. The number of aromatic hydroxyl groups is 1.